The molecule has 0 aliphatic rings. The Morgan fingerprint density at radius 3 is 2.28 bits per heavy atom. The molecule has 0 heterocycles. The smallest absolute Gasteiger partial charge is 0.243 e. The van der Waals surface area contributed by atoms with E-state index >= 15 is 0 Å². The fraction of sp³-hybridized carbons (Fsp3) is 0.391. The molecule has 0 aromatic heterocycles. The second-order valence-corrected chi connectivity index (χ2v) is 8.04. The summed E-state index contributed by atoms with van der Waals surface area (Å²) in [7, 11) is 0. The Bertz CT molecular complexity index is 783. The molecule has 2 amide bonds. The number of carbonyl (C=O) groups excluding carboxylic acids is 2. The highest BCUT2D eigenvalue weighted by atomic mass is 32.2. The zero-order chi connectivity index (χ0) is 21.2. The van der Waals surface area contributed by atoms with E-state index in [9.17, 15) is 14.0 Å². The third-order valence-electron chi connectivity index (χ3n) is 4.76. The average Bonchev–Trinajstić information content (AvgIpc) is 2.73. The van der Waals surface area contributed by atoms with Gasteiger partial charge in [0.1, 0.15) is 11.9 Å². The third kappa shape index (κ3) is 7.20. The Morgan fingerprint density at radius 1 is 1.03 bits per heavy atom. The molecule has 4 nitrogen and oxygen atoms in total. The molecule has 2 aromatic rings. The number of nitrogens with zero attached hydrogens (tertiary/aromatic N) is 1. The molecule has 0 aliphatic carbocycles. The van der Waals surface area contributed by atoms with Gasteiger partial charge in [-0.05, 0) is 49.6 Å². The zero-order valence-electron chi connectivity index (χ0n) is 17.2. The normalized spacial score (nSPS) is 12.8. The monoisotopic (exact) mass is 416 g/mol. The summed E-state index contributed by atoms with van der Waals surface area (Å²) in [5.74, 6) is -0.359. The van der Waals surface area contributed by atoms with Gasteiger partial charge in [-0.25, -0.2) is 4.39 Å². The van der Waals surface area contributed by atoms with Gasteiger partial charge in [0.15, 0.2) is 0 Å². The minimum Gasteiger partial charge on any atom is -0.352 e. The summed E-state index contributed by atoms with van der Waals surface area (Å²) in [6, 6.07) is 15.2. The second kappa shape index (κ2) is 11.6. The molecule has 0 saturated heterocycles. The Balaban J connectivity index is 2.19. The van der Waals surface area contributed by atoms with Crippen molar-refractivity contribution in [2.75, 3.05) is 5.75 Å². The van der Waals surface area contributed by atoms with Gasteiger partial charge in [-0.15, -0.1) is 11.8 Å². The summed E-state index contributed by atoms with van der Waals surface area (Å²) in [6.45, 7) is 6.11. The topological polar surface area (TPSA) is 49.4 Å². The average molecular weight is 417 g/mol. The molecule has 2 atom stereocenters. The van der Waals surface area contributed by atoms with E-state index in [-0.39, 0.29) is 36.0 Å². The molecule has 0 aliphatic heterocycles. The fourth-order valence-electron chi connectivity index (χ4n) is 2.89. The standard InChI is InChI=1S/C23H29FN2O2S/c1-4-17(3)25-23(28)21(5-2)26(15-18-11-13-19(24)14-12-18)22(27)16-29-20-9-7-6-8-10-20/h6-14,17,21H,4-5,15-16H2,1-3H3,(H,25,28)/t17-,21-/m1/s1. The number of rotatable bonds is 10. The lowest BCUT2D eigenvalue weighted by atomic mass is 10.1. The van der Waals surface area contributed by atoms with E-state index in [4.69, 9.17) is 0 Å². The van der Waals surface area contributed by atoms with Crippen LogP contribution in [0.3, 0.4) is 0 Å². The highest BCUT2D eigenvalue weighted by molar-refractivity contribution is 8.00. The van der Waals surface area contributed by atoms with Crippen LogP contribution in [0.4, 0.5) is 4.39 Å². The van der Waals surface area contributed by atoms with E-state index in [0.717, 1.165) is 16.9 Å². The lowest BCUT2D eigenvalue weighted by Gasteiger charge is -2.31. The summed E-state index contributed by atoms with van der Waals surface area (Å²) in [6.07, 6.45) is 1.32. The predicted molar refractivity (Wildman–Crippen MR) is 116 cm³/mol. The summed E-state index contributed by atoms with van der Waals surface area (Å²) < 4.78 is 13.3. The van der Waals surface area contributed by atoms with Gasteiger partial charge in [0.2, 0.25) is 11.8 Å². The first-order chi connectivity index (χ1) is 13.9. The van der Waals surface area contributed by atoms with Crippen molar-refractivity contribution in [3.63, 3.8) is 0 Å². The van der Waals surface area contributed by atoms with Gasteiger partial charge in [0.25, 0.3) is 0 Å². The van der Waals surface area contributed by atoms with Crippen LogP contribution in [0.1, 0.15) is 39.2 Å². The van der Waals surface area contributed by atoms with Crippen LogP contribution in [-0.4, -0.2) is 34.6 Å². The van der Waals surface area contributed by atoms with Crippen molar-refractivity contribution in [2.24, 2.45) is 0 Å². The summed E-state index contributed by atoms with van der Waals surface area (Å²) in [5.41, 5.74) is 0.791. The van der Waals surface area contributed by atoms with Crippen LogP contribution in [0.15, 0.2) is 59.5 Å². The van der Waals surface area contributed by atoms with Crippen LogP contribution >= 0.6 is 11.8 Å². The quantitative estimate of drug-likeness (QED) is 0.574. The first-order valence-corrected chi connectivity index (χ1v) is 10.9. The Labute approximate surface area is 176 Å². The lowest BCUT2D eigenvalue weighted by molar-refractivity contribution is -0.139. The minimum atomic E-state index is -0.571. The maximum atomic E-state index is 13.3. The molecule has 0 fully saturated rings. The van der Waals surface area contributed by atoms with Gasteiger partial charge in [-0.2, -0.15) is 0 Å². The van der Waals surface area contributed by atoms with E-state index in [1.165, 1.54) is 23.9 Å². The van der Waals surface area contributed by atoms with Gasteiger partial charge < -0.3 is 10.2 Å². The number of hydrogen-bond acceptors (Lipinski definition) is 3. The van der Waals surface area contributed by atoms with E-state index in [0.29, 0.717) is 6.42 Å². The van der Waals surface area contributed by atoms with Crippen molar-refractivity contribution in [3.05, 3.63) is 66.0 Å². The summed E-state index contributed by atoms with van der Waals surface area (Å²) in [4.78, 5) is 28.5. The minimum absolute atomic E-state index is 0.0398. The fourth-order valence-corrected chi connectivity index (χ4v) is 3.70. The molecule has 1 N–H and O–H groups in total. The van der Waals surface area contributed by atoms with Crippen molar-refractivity contribution in [1.82, 2.24) is 10.2 Å². The molecular formula is C23H29FN2O2S. The molecule has 0 bridgehead atoms. The van der Waals surface area contributed by atoms with Crippen LogP contribution < -0.4 is 5.32 Å². The molecule has 0 radical (unpaired) electrons. The number of thioether (sulfide) groups is 1. The first-order valence-electron chi connectivity index (χ1n) is 9.96. The van der Waals surface area contributed by atoms with Crippen LogP contribution in [0.25, 0.3) is 0 Å². The van der Waals surface area contributed by atoms with E-state index in [1.54, 1.807) is 17.0 Å². The molecule has 2 rings (SSSR count). The van der Waals surface area contributed by atoms with E-state index in [2.05, 4.69) is 5.32 Å². The predicted octanol–water partition coefficient (Wildman–Crippen LogP) is 4.64. The largest absolute Gasteiger partial charge is 0.352 e. The van der Waals surface area contributed by atoms with Crippen molar-refractivity contribution >= 4 is 23.6 Å². The Hall–Kier alpha value is -2.34. The second-order valence-electron chi connectivity index (χ2n) is 6.99. The number of amides is 2. The number of carbonyl (C=O) groups is 2. The first kappa shape index (κ1) is 22.9. The lowest BCUT2D eigenvalue weighted by Crippen LogP contribution is -2.51. The van der Waals surface area contributed by atoms with E-state index < -0.39 is 6.04 Å². The number of halogens is 1. The van der Waals surface area contributed by atoms with Crippen molar-refractivity contribution in [1.29, 1.82) is 0 Å². The number of benzene rings is 2. The van der Waals surface area contributed by atoms with Gasteiger partial charge in [0.05, 0.1) is 5.75 Å². The van der Waals surface area contributed by atoms with Gasteiger partial charge in [-0.3, -0.25) is 9.59 Å². The highest BCUT2D eigenvalue weighted by Gasteiger charge is 2.29. The molecule has 156 valence electrons. The van der Waals surface area contributed by atoms with Crippen LogP contribution in [0, 0.1) is 5.82 Å². The van der Waals surface area contributed by atoms with Crippen LogP contribution in [0.5, 0.6) is 0 Å². The van der Waals surface area contributed by atoms with Crippen LogP contribution in [0.2, 0.25) is 0 Å². The summed E-state index contributed by atoms with van der Waals surface area (Å²) >= 11 is 1.44. The maximum Gasteiger partial charge on any atom is 0.243 e. The van der Waals surface area contributed by atoms with Gasteiger partial charge in [-0.1, -0.05) is 44.2 Å². The van der Waals surface area contributed by atoms with Crippen molar-refractivity contribution < 1.29 is 14.0 Å². The molecular weight excluding hydrogens is 387 g/mol. The molecule has 0 spiro atoms. The Kier molecular flexibility index (Phi) is 9.19. The molecule has 6 heteroatoms. The molecule has 29 heavy (non-hydrogen) atoms. The molecule has 2 aromatic carbocycles. The van der Waals surface area contributed by atoms with Gasteiger partial charge in [0, 0.05) is 17.5 Å². The van der Waals surface area contributed by atoms with Crippen molar-refractivity contribution in [2.45, 2.75) is 57.1 Å². The molecule has 0 unspecified atom stereocenters. The third-order valence-corrected chi connectivity index (χ3v) is 5.76. The summed E-state index contributed by atoms with van der Waals surface area (Å²) in [5, 5.41) is 2.98. The number of hydrogen-bond donors (Lipinski definition) is 1. The van der Waals surface area contributed by atoms with E-state index in [1.807, 2.05) is 51.1 Å². The van der Waals surface area contributed by atoms with Crippen LogP contribution in [-0.2, 0) is 16.1 Å². The molecule has 0 saturated carbocycles. The maximum absolute atomic E-state index is 13.3. The Morgan fingerprint density at radius 2 is 1.69 bits per heavy atom. The SMILES string of the molecule is CC[C@@H](C)NC(=O)[C@@H](CC)N(Cc1ccc(F)cc1)C(=O)CSc1ccccc1. The van der Waals surface area contributed by atoms with Gasteiger partial charge >= 0.3 is 0 Å². The zero-order valence-corrected chi connectivity index (χ0v) is 18.0. The highest BCUT2D eigenvalue weighted by Crippen LogP contribution is 2.20. The van der Waals surface area contributed by atoms with Crippen molar-refractivity contribution in [3.8, 4) is 0 Å². The number of nitrogens with one attached hydrogen (secondary N) is 1.